The minimum absolute atomic E-state index is 0.0167. The van der Waals surface area contributed by atoms with E-state index in [0.29, 0.717) is 9.88 Å². The van der Waals surface area contributed by atoms with Gasteiger partial charge >= 0.3 is 5.97 Å². The van der Waals surface area contributed by atoms with Crippen molar-refractivity contribution in [3.63, 3.8) is 0 Å². The van der Waals surface area contributed by atoms with E-state index in [9.17, 15) is 18.4 Å². The molecule has 1 amide bonds. The second-order valence-electron chi connectivity index (χ2n) is 3.74. The van der Waals surface area contributed by atoms with Gasteiger partial charge in [-0.05, 0) is 30.3 Å². The van der Waals surface area contributed by atoms with Crippen LogP contribution in [0.1, 0.15) is 20.0 Å². The first-order valence-electron chi connectivity index (χ1n) is 5.46. The van der Waals surface area contributed by atoms with E-state index in [4.69, 9.17) is 0 Å². The third kappa shape index (κ3) is 3.00. The molecule has 2 aromatic rings. The summed E-state index contributed by atoms with van der Waals surface area (Å²) in [5.74, 6) is -3.23. The number of carbonyl (C=O) groups is 2. The van der Waals surface area contributed by atoms with Crippen LogP contribution in [0.2, 0.25) is 0 Å². The van der Waals surface area contributed by atoms with Crippen LogP contribution in [0.4, 0.5) is 13.8 Å². The summed E-state index contributed by atoms with van der Waals surface area (Å²) in [6.07, 6.45) is 0. The quantitative estimate of drug-likeness (QED) is 0.886. The van der Waals surface area contributed by atoms with Crippen molar-refractivity contribution < 1.29 is 23.1 Å². The van der Waals surface area contributed by atoms with Gasteiger partial charge in [0.2, 0.25) is 0 Å². The molecule has 0 unspecified atom stereocenters. The van der Waals surface area contributed by atoms with Crippen molar-refractivity contribution >= 4 is 28.2 Å². The number of ether oxygens (including phenoxy) is 1. The van der Waals surface area contributed by atoms with E-state index in [1.807, 2.05) is 0 Å². The highest BCUT2D eigenvalue weighted by molar-refractivity contribution is 7.18. The highest BCUT2D eigenvalue weighted by atomic mass is 32.1. The number of esters is 1. The Labute approximate surface area is 117 Å². The minimum Gasteiger partial charge on any atom is -0.465 e. The number of methoxy groups -OCH3 is 1. The Balaban J connectivity index is 2.13. The topological polar surface area (TPSA) is 55.4 Å². The Bertz CT molecular complexity index is 669. The highest BCUT2D eigenvalue weighted by Gasteiger charge is 2.13. The molecule has 0 aliphatic heterocycles. The Morgan fingerprint density at radius 1 is 1.15 bits per heavy atom. The average molecular weight is 297 g/mol. The summed E-state index contributed by atoms with van der Waals surface area (Å²) in [7, 11) is 1.25. The lowest BCUT2D eigenvalue weighted by atomic mass is 10.2. The molecule has 1 heterocycles. The first-order chi connectivity index (χ1) is 9.51. The smallest absolute Gasteiger partial charge is 0.348 e. The second kappa shape index (κ2) is 5.79. The van der Waals surface area contributed by atoms with Gasteiger partial charge in [0.05, 0.1) is 12.1 Å². The Morgan fingerprint density at radius 2 is 1.90 bits per heavy atom. The molecule has 20 heavy (non-hydrogen) atoms. The molecule has 0 aliphatic carbocycles. The molecular formula is C13H9F2NO3S. The molecule has 0 saturated carbocycles. The summed E-state index contributed by atoms with van der Waals surface area (Å²) in [6, 6.07) is 5.87. The summed E-state index contributed by atoms with van der Waals surface area (Å²) < 4.78 is 30.3. The van der Waals surface area contributed by atoms with E-state index in [1.54, 1.807) is 0 Å². The number of rotatable bonds is 3. The molecular weight excluding hydrogens is 288 g/mol. The van der Waals surface area contributed by atoms with Crippen molar-refractivity contribution in [3.8, 4) is 0 Å². The largest absolute Gasteiger partial charge is 0.465 e. The fourth-order valence-electron chi connectivity index (χ4n) is 1.44. The van der Waals surface area contributed by atoms with Crippen LogP contribution in [-0.4, -0.2) is 19.0 Å². The predicted molar refractivity (Wildman–Crippen MR) is 70.0 cm³/mol. The van der Waals surface area contributed by atoms with Crippen LogP contribution in [0, 0.1) is 11.6 Å². The molecule has 0 fully saturated rings. The predicted octanol–water partition coefficient (Wildman–Crippen LogP) is 3.07. The van der Waals surface area contributed by atoms with Gasteiger partial charge in [-0.1, -0.05) is 0 Å². The fourth-order valence-corrected chi connectivity index (χ4v) is 2.26. The van der Waals surface area contributed by atoms with Crippen LogP contribution in [0.3, 0.4) is 0 Å². The molecule has 0 radical (unpaired) electrons. The van der Waals surface area contributed by atoms with Gasteiger partial charge in [0.25, 0.3) is 5.91 Å². The lowest BCUT2D eigenvalue weighted by molar-refractivity contribution is 0.0606. The van der Waals surface area contributed by atoms with Crippen LogP contribution in [0.15, 0.2) is 30.3 Å². The van der Waals surface area contributed by atoms with Gasteiger partial charge in [0.1, 0.15) is 4.88 Å². The minimum atomic E-state index is -1.10. The van der Waals surface area contributed by atoms with Gasteiger partial charge in [0, 0.05) is 5.56 Å². The first-order valence-corrected chi connectivity index (χ1v) is 6.27. The molecule has 0 spiro atoms. The van der Waals surface area contributed by atoms with Gasteiger partial charge in [-0.25, -0.2) is 13.6 Å². The molecule has 1 aromatic heterocycles. The maximum atomic E-state index is 13.0. The van der Waals surface area contributed by atoms with Crippen molar-refractivity contribution in [3.05, 3.63) is 52.4 Å². The van der Waals surface area contributed by atoms with Gasteiger partial charge in [-0.2, -0.15) is 0 Å². The number of nitrogens with one attached hydrogen (secondary N) is 1. The number of halogens is 2. The Hall–Kier alpha value is -2.28. The molecule has 104 valence electrons. The fraction of sp³-hybridized carbons (Fsp3) is 0.0769. The molecule has 0 bridgehead atoms. The molecule has 4 nitrogen and oxygen atoms in total. The SMILES string of the molecule is COC(=O)c1ccc(NC(=O)c2ccc(F)c(F)c2)s1. The number of amides is 1. The van der Waals surface area contributed by atoms with Crippen molar-refractivity contribution in [1.29, 1.82) is 0 Å². The van der Waals surface area contributed by atoms with Crippen molar-refractivity contribution in [2.24, 2.45) is 0 Å². The van der Waals surface area contributed by atoms with Crippen LogP contribution in [0.5, 0.6) is 0 Å². The lowest BCUT2D eigenvalue weighted by Gasteiger charge is -2.02. The molecule has 1 aromatic carbocycles. The van der Waals surface area contributed by atoms with Crippen LogP contribution < -0.4 is 5.32 Å². The Morgan fingerprint density at radius 3 is 2.55 bits per heavy atom. The van der Waals surface area contributed by atoms with Crippen molar-refractivity contribution in [2.75, 3.05) is 12.4 Å². The van der Waals surface area contributed by atoms with E-state index in [1.165, 1.54) is 25.3 Å². The van der Waals surface area contributed by atoms with Crippen LogP contribution >= 0.6 is 11.3 Å². The number of thiophene rings is 1. The maximum Gasteiger partial charge on any atom is 0.348 e. The number of hydrogen-bond donors (Lipinski definition) is 1. The van der Waals surface area contributed by atoms with Crippen LogP contribution in [0.25, 0.3) is 0 Å². The second-order valence-corrected chi connectivity index (χ2v) is 4.82. The maximum absolute atomic E-state index is 13.0. The summed E-state index contributed by atoms with van der Waals surface area (Å²) in [6.45, 7) is 0. The van der Waals surface area contributed by atoms with E-state index in [0.717, 1.165) is 23.5 Å². The summed E-state index contributed by atoms with van der Waals surface area (Å²) in [5.41, 5.74) is -0.0167. The average Bonchev–Trinajstić information content (AvgIpc) is 2.89. The normalized spacial score (nSPS) is 10.2. The third-order valence-electron chi connectivity index (χ3n) is 2.41. The summed E-state index contributed by atoms with van der Waals surface area (Å²) in [4.78, 5) is 23.4. The molecule has 1 N–H and O–H groups in total. The molecule has 0 atom stereocenters. The summed E-state index contributed by atoms with van der Waals surface area (Å²) in [5, 5.41) is 2.89. The van der Waals surface area contributed by atoms with Gasteiger partial charge < -0.3 is 10.1 Å². The zero-order chi connectivity index (χ0) is 14.7. The van der Waals surface area contributed by atoms with Gasteiger partial charge in [0.15, 0.2) is 11.6 Å². The van der Waals surface area contributed by atoms with E-state index >= 15 is 0 Å². The number of anilines is 1. The molecule has 0 aliphatic rings. The highest BCUT2D eigenvalue weighted by Crippen LogP contribution is 2.23. The van der Waals surface area contributed by atoms with Gasteiger partial charge in [-0.15, -0.1) is 11.3 Å². The zero-order valence-corrected chi connectivity index (χ0v) is 11.1. The number of hydrogen-bond acceptors (Lipinski definition) is 4. The van der Waals surface area contributed by atoms with Crippen molar-refractivity contribution in [1.82, 2.24) is 0 Å². The number of benzene rings is 1. The van der Waals surface area contributed by atoms with E-state index < -0.39 is 23.5 Å². The van der Waals surface area contributed by atoms with Crippen molar-refractivity contribution in [2.45, 2.75) is 0 Å². The third-order valence-corrected chi connectivity index (χ3v) is 3.39. The number of carbonyl (C=O) groups excluding carboxylic acids is 2. The molecule has 7 heteroatoms. The van der Waals surface area contributed by atoms with E-state index in [-0.39, 0.29) is 5.56 Å². The van der Waals surface area contributed by atoms with Gasteiger partial charge in [-0.3, -0.25) is 4.79 Å². The van der Waals surface area contributed by atoms with E-state index in [2.05, 4.69) is 10.1 Å². The standard InChI is InChI=1S/C13H9F2NO3S/c1-19-13(18)10-4-5-11(20-10)16-12(17)7-2-3-8(14)9(15)6-7/h2-6H,1H3,(H,16,17). The first kappa shape index (κ1) is 14.1. The monoisotopic (exact) mass is 297 g/mol. The zero-order valence-electron chi connectivity index (χ0n) is 10.3. The van der Waals surface area contributed by atoms with Crippen LogP contribution in [-0.2, 0) is 4.74 Å². The Kier molecular flexibility index (Phi) is 4.09. The molecule has 0 saturated heterocycles. The lowest BCUT2D eigenvalue weighted by Crippen LogP contribution is -2.11. The summed E-state index contributed by atoms with van der Waals surface area (Å²) >= 11 is 1.02. The molecule has 2 rings (SSSR count).